The summed E-state index contributed by atoms with van der Waals surface area (Å²) < 4.78 is 23.7. The van der Waals surface area contributed by atoms with Crippen LogP contribution in [0.2, 0.25) is 0 Å². The van der Waals surface area contributed by atoms with Crippen LogP contribution in [0, 0.1) is 0 Å². The number of carboxylic acid groups (broad SMARTS) is 1. The van der Waals surface area contributed by atoms with E-state index in [4.69, 9.17) is 5.11 Å². The van der Waals surface area contributed by atoms with Gasteiger partial charge < -0.3 is 10.0 Å². The molecule has 0 aliphatic rings. The highest BCUT2D eigenvalue weighted by atomic mass is 32.2. The zero-order valence-corrected chi connectivity index (χ0v) is 11.0. The van der Waals surface area contributed by atoms with Crippen LogP contribution in [0.4, 0.5) is 0 Å². The van der Waals surface area contributed by atoms with Crippen molar-refractivity contribution in [3.05, 3.63) is 0 Å². The second kappa shape index (κ2) is 6.55. The van der Waals surface area contributed by atoms with Crippen molar-refractivity contribution in [2.45, 2.75) is 13.8 Å². The molecule has 0 aromatic rings. The van der Waals surface area contributed by atoms with E-state index in [0.29, 0.717) is 13.1 Å². The maximum absolute atomic E-state index is 11.6. The molecule has 0 rings (SSSR count). The minimum atomic E-state index is -3.92. The third kappa shape index (κ3) is 5.14. The van der Waals surface area contributed by atoms with Crippen LogP contribution in [0.1, 0.15) is 13.8 Å². The summed E-state index contributed by atoms with van der Waals surface area (Å²) in [5, 5.41) is 8.43. The molecule has 0 heterocycles. The summed E-state index contributed by atoms with van der Waals surface area (Å²) in [6.07, 6.45) is 0. The fourth-order valence-corrected chi connectivity index (χ4v) is 2.07. The lowest BCUT2D eigenvalue weighted by atomic mass is 10.4. The minimum Gasteiger partial charge on any atom is -0.480 e. The van der Waals surface area contributed by atoms with Gasteiger partial charge in [0.15, 0.2) is 5.75 Å². The van der Waals surface area contributed by atoms with Gasteiger partial charge >= 0.3 is 5.97 Å². The molecule has 0 bridgehead atoms. The second-order valence-electron chi connectivity index (χ2n) is 3.47. The van der Waals surface area contributed by atoms with Crippen LogP contribution in [0.25, 0.3) is 0 Å². The molecule has 1 N–H and O–H groups in total. The first kappa shape index (κ1) is 15.9. The predicted octanol–water partition coefficient (Wildman–Crippen LogP) is -0.799. The van der Waals surface area contributed by atoms with E-state index in [0.717, 1.165) is 4.31 Å². The average Bonchev–Trinajstić information content (AvgIpc) is 2.17. The Morgan fingerprint density at radius 2 is 1.65 bits per heavy atom. The number of hydrogen-bond acceptors (Lipinski definition) is 4. The molecule has 8 heteroatoms. The third-order valence-corrected chi connectivity index (χ3v) is 3.95. The van der Waals surface area contributed by atoms with E-state index in [2.05, 4.69) is 0 Å². The molecule has 0 aliphatic carbocycles. The van der Waals surface area contributed by atoms with Crippen molar-refractivity contribution in [1.82, 2.24) is 9.21 Å². The fraction of sp³-hybridized carbons (Fsp3) is 0.778. The molecule has 1 amide bonds. The number of nitrogens with zero attached hydrogens (tertiary/aromatic N) is 2. The van der Waals surface area contributed by atoms with Gasteiger partial charge in [-0.25, -0.2) is 8.42 Å². The number of carbonyl (C=O) groups excluding carboxylic acids is 1. The molecule has 0 aromatic heterocycles. The number of carboxylic acids is 1. The van der Waals surface area contributed by atoms with Crippen molar-refractivity contribution in [2.24, 2.45) is 0 Å². The van der Waals surface area contributed by atoms with Crippen LogP contribution in [-0.4, -0.2) is 67.0 Å². The van der Waals surface area contributed by atoms with Gasteiger partial charge in [-0.15, -0.1) is 0 Å². The predicted molar refractivity (Wildman–Crippen MR) is 62.0 cm³/mol. The van der Waals surface area contributed by atoms with Gasteiger partial charge in [0.05, 0.1) is 6.54 Å². The topological polar surface area (TPSA) is 95.0 Å². The summed E-state index contributed by atoms with van der Waals surface area (Å²) >= 11 is 0. The van der Waals surface area contributed by atoms with Gasteiger partial charge in [0.2, 0.25) is 15.9 Å². The zero-order chi connectivity index (χ0) is 13.6. The first-order chi connectivity index (χ1) is 7.74. The minimum absolute atomic E-state index is 0.336. The lowest BCUT2D eigenvalue weighted by molar-refractivity contribution is -0.134. The van der Waals surface area contributed by atoms with Crippen molar-refractivity contribution >= 4 is 21.9 Å². The van der Waals surface area contributed by atoms with Crippen molar-refractivity contribution in [2.75, 3.05) is 32.4 Å². The van der Waals surface area contributed by atoms with Crippen molar-refractivity contribution in [1.29, 1.82) is 0 Å². The van der Waals surface area contributed by atoms with E-state index in [1.165, 1.54) is 11.9 Å². The largest absolute Gasteiger partial charge is 0.480 e. The van der Waals surface area contributed by atoms with Gasteiger partial charge in [-0.2, -0.15) is 4.31 Å². The van der Waals surface area contributed by atoms with Crippen LogP contribution < -0.4 is 0 Å². The molecule has 0 fully saturated rings. The molecule has 0 unspecified atom stereocenters. The molecule has 0 atom stereocenters. The van der Waals surface area contributed by atoms with Crippen molar-refractivity contribution < 1.29 is 23.1 Å². The Balaban J connectivity index is 4.59. The van der Waals surface area contributed by atoms with E-state index in [1.54, 1.807) is 13.8 Å². The van der Waals surface area contributed by atoms with E-state index in [-0.39, 0.29) is 12.5 Å². The molecular formula is C9H18N2O5S. The molecule has 0 spiro atoms. The molecule has 0 aliphatic heterocycles. The van der Waals surface area contributed by atoms with Gasteiger partial charge in [0.25, 0.3) is 0 Å². The van der Waals surface area contributed by atoms with Crippen LogP contribution in [0.3, 0.4) is 0 Å². The Morgan fingerprint density at radius 1 is 1.18 bits per heavy atom. The highest BCUT2D eigenvalue weighted by molar-refractivity contribution is 7.89. The van der Waals surface area contributed by atoms with Gasteiger partial charge in [-0.3, -0.25) is 9.59 Å². The van der Waals surface area contributed by atoms with E-state index in [9.17, 15) is 18.0 Å². The number of rotatable bonds is 7. The first-order valence-electron chi connectivity index (χ1n) is 5.18. The summed E-state index contributed by atoms with van der Waals surface area (Å²) in [6, 6.07) is 0. The van der Waals surface area contributed by atoms with Gasteiger partial charge in [0, 0.05) is 20.1 Å². The maximum Gasteiger partial charge on any atom is 0.320 e. The Bertz CT molecular complexity index is 375. The van der Waals surface area contributed by atoms with Crippen molar-refractivity contribution in [3.8, 4) is 0 Å². The lowest BCUT2D eigenvalue weighted by Crippen LogP contribution is -2.42. The molecule has 0 aromatic carbocycles. The summed E-state index contributed by atoms with van der Waals surface area (Å²) in [4.78, 5) is 23.4. The fourth-order valence-electron chi connectivity index (χ4n) is 1.23. The zero-order valence-electron chi connectivity index (χ0n) is 10.2. The quantitative estimate of drug-likeness (QED) is 0.651. The van der Waals surface area contributed by atoms with Crippen LogP contribution in [0.5, 0.6) is 0 Å². The van der Waals surface area contributed by atoms with Gasteiger partial charge in [-0.05, 0) is 13.8 Å². The Hall–Kier alpha value is -1.15. The Morgan fingerprint density at radius 3 is 2.00 bits per heavy atom. The number of carbonyl (C=O) groups is 2. The molecule has 17 heavy (non-hydrogen) atoms. The summed E-state index contributed by atoms with van der Waals surface area (Å²) in [7, 11) is -2.72. The van der Waals surface area contributed by atoms with E-state index in [1.807, 2.05) is 0 Å². The molecule has 0 saturated carbocycles. The molecule has 0 saturated heterocycles. The van der Waals surface area contributed by atoms with E-state index < -0.39 is 21.7 Å². The monoisotopic (exact) mass is 266 g/mol. The molecule has 100 valence electrons. The van der Waals surface area contributed by atoms with Crippen LogP contribution in [-0.2, 0) is 19.6 Å². The molecular weight excluding hydrogens is 248 g/mol. The number of sulfonamides is 1. The standard InChI is InChI=1S/C9H18N2O5S/c1-4-11(5-2)8(12)6-10(3)17(15,16)7-9(13)14/h4-7H2,1-3H3,(H,13,14). The first-order valence-corrected chi connectivity index (χ1v) is 6.79. The number of amides is 1. The van der Waals surface area contributed by atoms with E-state index >= 15 is 0 Å². The number of hydrogen-bond donors (Lipinski definition) is 1. The van der Waals surface area contributed by atoms with Gasteiger partial charge in [0.1, 0.15) is 0 Å². The normalized spacial score (nSPS) is 11.5. The highest BCUT2D eigenvalue weighted by Crippen LogP contribution is 2.00. The van der Waals surface area contributed by atoms with Gasteiger partial charge in [-0.1, -0.05) is 0 Å². The van der Waals surface area contributed by atoms with Crippen LogP contribution >= 0.6 is 0 Å². The lowest BCUT2D eigenvalue weighted by Gasteiger charge is -2.22. The SMILES string of the molecule is CCN(CC)C(=O)CN(C)S(=O)(=O)CC(=O)O. The second-order valence-corrected chi connectivity index (χ2v) is 5.55. The van der Waals surface area contributed by atoms with Crippen molar-refractivity contribution in [3.63, 3.8) is 0 Å². The molecule has 0 radical (unpaired) electrons. The third-order valence-electron chi connectivity index (χ3n) is 2.25. The smallest absolute Gasteiger partial charge is 0.320 e. The Kier molecular flexibility index (Phi) is 6.11. The summed E-state index contributed by atoms with van der Waals surface area (Å²) in [5.74, 6) is -2.78. The summed E-state index contributed by atoms with van der Waals surface area (Å²) in [6.45, 7) is 4.21. The maximum atomic E-state index is 11.6. The molecule has 7 nitrogen and oxygen atoms in total. The number of aliphatic carboxylic acids is 1. The Labute approximate surface area is 101 Å². The summed E-state index contributed by atoms with van der Waals surface area (Å²) in [5.41, 5.74) is 0. The average molecular weight is 266 g/mol. The number of likely N-dealkylation sites (N-methyl/N-ethyl adjacent to an activating group) is 2. The highest BCUT2D eigenvalue weighted by Gasteiger charge is 2.24. The van der Waals surface area contributed by atoms with Crippen LogP contribution in [0.15, 0.2) is 0 Å².